The van der Waals surface area contributed by atoms with E-state index in [9.17, 15) is 0 Å². The van der Waals surface area contributed by atoms with E-state index in [1.807, 2.05) is 27.7 Å². The van der Waals surface area contributed by atoms with Crippen molar-refractivity contribution in [2.45, 2.75) is 66.7 Å². The van der Waals surface area contributed by atoms with Crippen LogP contribution in [0.4, 0.5) is 0 Å². The van der Waals surface area contributed by atoms with Crippen molar-refractivity contribution in [1.29, 1.82) is 0 Å². The SMILES string of the molecule is CC.CC.CC1=CCC2(CCC2)C1. The third kappa shape index (κ3) is 3.17. The molecule has 0 unspecified atom stereocenters. The lowest BCUT2D eigenvalue weighted by molar-refractivity contribution is 0.150. The molecule has 2 rings (SSSR count). The fraction of sp³-hybridized carbons (Fsp3) is 0.846. The molecule has 0 atom stereocenters. The van der Waals surface area contributed by atoms with Crippen LogP contribution in [0.1, 0.15) is 66.7 Å². The third-order valence-corrected chi connectivity index (χ3v) is 2.95. The first-order valence-corrected chi connectivity index (χ1v) is 5.96. The highest BCUT2D eigenvalue weighted by Gasteiger charge is 2.38. The lowest BCUT2D eigenvalue weighted by Gasteiger charge is -2.38. The quantitative estimate of drug-likeness (QED) is 0.465. The highest BCUT2D eigenvalue weighted by atomic mass is 14.4. The topological polar surface area (TPSA) is 0 Å². The minimum absolute atomic E-state index is 0.796. The Morgan fingerprint density at radius 1 is 1.08 bits per heavy atom. The molecule has 1 spiro atoms. The van der Waals surface area contributed by atoms with Gasteiger partial charge in [0, 0.05) is 0 Å². The van der Waals surface area contributed by atoms with Crippen molar-refractivity contribution < 1.29 is 0 Å². The Labute approximate surface area is 84.4 Å². The molecule has 78 valence electrons. The van der Waals surface area contributed by atoms with Gasteiger partial charge < -0.3 is 0 Å². The minimum Gasteiger partial charge on any atom is -0.0850 e. The Balaban J connectivity index is 0.000000322. The zero-order valence-corrected chi connectivity index (χ0v) is 10.1. The van der Waals surface area contributed by atoms with Crippen LogP contribution < -0.4 is 0 Å². The van der Waals surface area contributed by atoms with E-state index < -0.39 is 0 Å². The molecular weight excluding hydrogens is 156 g/mol. The second kappa shape index (κ2) is 6.23. The van der Waals surface area contributed by atoms with Crippen molar-refractivity contribution in [3.63, 3.8) is 0 Å². The predicted molar refractivity (Wildman–Crippen MR) is 62.0 cm³/mol. The van der Waals surface area contributed by atoms with Gasteiger partial charge in [-0.1, -0.05) is 45.8 Å². The number of hydrogen-bond acceptors (Lipinski definition) is 0. The molecule has 2 aliphatic rings. The zero-order valence-electron chi connectivity index (χ0n) is 10.1. The Hall–Kier alpha value is -0.260. The van der Waals surface area contributed by atoms with Gasteiger partial charge in [0.05, 0.1) is 0 Å². The van der Waals surface area contributed by atoms with Crippen LogP contribution in [0.15, 0.2) is 11.6 Å². The van der Waals surface area contributed by atoms with Crippen molar-refractivity contribution in [2.75, 3.05) is 0 Å². The summed E-state index contributed by atoms with van der Waals surface area (Å²) in [6.07, 6.45) is 9.72. The summed E-state index contributed by atoms with van der Waals surface area (Å²) in [4.78, 5) is 0. The smallest absolute Gasteiger partial charge is 0.0226 e. The Kier molecular flexibility index (Phi) is 6.11. The Morgan fingerprint density at radius 3 is 1.77 bits per heavy atom. The first-order chi connectivity index (χ1) is 6.31. The molecule has 13 heavy (non-hydrogen) atoms. The molecule has 0 aromatic carbocycles. The molecule has 0 aromatic rings. The van der Waals surface area contributed by atoms with Gasteiger partial charge in [-0.05, 0) is 38.0 Å². The molecule has 0 heterocycles. The van der Waals surface area contributed by atoms with Gasteiger partial charge in [-0.2, -0.15) is 0 Å². The van der Waals surface area contributed by atoms with E-state index in [0.29, 0.717) is 0 Å². The van der Waals surface area contributed by atoms with Crippen molar-refractivity contribution in [1.82, 2.24) is 0 Å². The summed E-state index contributed by atoms with van der Waals surface area (Å²) in [5.41, 5.74) is 2.43. The van der Waals surface area contributed by atoms with Crippen LogP contribution in [0.3, 0.4) is 0 Å². The maximum Gasteiger partial charge on any atom is -0.0226 e. The van der Waals surface area contributed by atoms with E-state index in [0.717, 1.165) is 5.41 Å². The third-order valence-electron chi connectivity index (χ3n) is 2.95. The lowest BCUT2D eigenvalue weighted by Crippen LogP contribution is -2.25. The van der Waals surface area contributed by atoms with Gasteiger partial charge in [0.1, 0.15) is 0 Å². The summed E-state index contributed by atoms with van der Waals surface area (Å²) >= 11 is 0. The summed E-state index contributed by atoms with van der Waals surface area (Å²) in [5.74, 6) is 0. The van der Waals surface area contributed by atoms with Crippen molar-refractivity contribution in [3.05, 3.63) is 11.6 Å². The van der Waals surface area contributed by atoms with Gasteiger partial charge in [-0.3, -0.25) is 0 Å². The molecule has 0 amide bonds. The Bertz CT molecular complexity index is 149. The summed E-state index contributed by atoms with van der Waals surface area (Å²) in [6.45, 7) is 10.3. The maximum absolute atomic E-state index is 2.43. The van der Waals surface area contributed by atoms with Crippen LogP contribution in [0.2, 0.25) is 0 Å². The highest BCUT2D eigenvalue weighted by Crippen LogP contribution is 2.52. The van der Waals surface area contributed by atoms with Crippen LogP contribution >= 0.6 is 0 Å². The molecule has 0 aliphatic heterocycles. The summed E-state index contributed by atoms with van der Waals surface area (Å²) in [7, 11) is 0. The molecule has 0 saturated heterocycles. The van der Waals surface area contributed by atoms with Gasteiger partial charge in [0.2, 0.25) is 0 Å². The molecule has 1 fully saturated rings. The van der Waals surface area contributed by atoms with E-state index in [4.69, 9.17) is 0 Å². The molecule has 0 bridgehead atoms. The van der Waals surface area contributed by atoms with E-state index >= 15 is 0 Å². The molecular formula is C13H26. The fourth-order valence-electron chi connectivity index (χ4n) is 2.18. The second-order valence-electron chi connectivity index (χ2n) is 3.78. The normalized spacial score (nSPS) is 21.8. The highest BCUT2D eigenvalue weighted by molar-refractivity contribution is 5.14. The average molecular weight is 182 g/mol. The standard InChI is InChI=1S/C9H14.2C2H6/c1-8-3-6-9(7-8)4-2-5-9;2*1-2/h3H,2,4-7H2,1H3;2*1-2H3. The molecule has 0 N–H and O–H groups in total. The first kappa shape index (κ1) is 12.7. The van der Waals surface area contributed by atoms with E-state index in [1.54, 1.807) is 5.57 Å². The predicted octanol–water partition coefficient (Wildman–Crippen LogP) is 4.95. The van der Waals surface area contributed by atoms with E-state index in [-0.39, 0.29) is 0 Å². The molecule has 1 saturated carbocycles. The number of allylic oxidation sites excluding steroid dienone is 2. The fourth-order valence-corrected chi connectivity index (χ4v) is 2.18. The summed E-state index contributed by atoms with van der Waals surface area (Å²) < 4.78 is 0. The largest absolute Gasteiger partial charge is 0.0850 e. The second-order valence-corrected chi connectivity index (χ2v) is 3.78. The van der Waals surface area contributed by atoms with Crippen LogP contribution in [0.25, 0.3) is 0 Å². The zero-order chi connectivity index (χ0) is 10.3. The van der Waals surface area contributed by atoms with Crippen molar-refractivity contribution in [2.24, 2.45) is 5.41 Å². The molecule has 0 radical (unpaired) electrons. The molecule has 0 nitrogen and oxygen atoms in total. The number of rotatable bonds is 0. The van der Waals surface area contributed by atoms with Crippen molar-refractivity contribution >= 4 is 0 Å². The van der Waals surface area contributed by atoms with Crippen LogP contribution in [0, 0.1) is 5.41 Å². The van der Waals surface area contributed by atoms with Gasteiger partial charge in [0.25, 0.3) is 0 Å². The summed E-state index contributed by atoms with van der Waals surface area (Å²) in [6, 6.07) is 0. The van der Waals surface area contributed by atoms with Gasteiger partial charge >= 0.3 is 0 Å². The van der Waals surface area contributed by atoms with E-state index in [2.05, 4.69) is 13.0 Å². The maximum atomic E-state index is 2.43. The van der Waals surface area contributed by atoms with Gasteiger partial charge in [-0.15, -0.1) is 0 Å². The summed E-state index contributed by atoms with van der Waals surface area (Å²) in [5, 5.41) is 0. The monoisotopic (exact) mass is 182 g/mol. The Morgan fingerprint density at radius 2 is 1.62 bits per heavy atom. The molecule has 0 heteroatoms. The van der Waals surface area contributed by atoms with E-state index in [1.165, 1.54) is 32.1 Å². The number of hydrogen-bond donors (Lipinski definition) is 0. The molecule has 0 aromatic heterocycles. The van der Waals surface area contributed by atoms with Gasteiger partial charge in [0.15, 0.2) is 0 Å². The average Bonchev–Trinajstić information content (AvgIpc) is 2.54. The van der Waals surface area contributed by atoms with Crippen LogP contribution in [0.5, 0.6) is 0 Å². The van der Waals surface area contributed by atoms with Gasteiger partial charge in [-0.25, -0.2) is 0 Å². The van der Waals surface area contributed by atoms with Crippen LogP contribution in [-0.4, -0.2) is 0 Å². The minimum atomic E-state index is 0.796. The van der Waals surface area contributed by atoms with Crippen LogP contribution in [-0.2, 0) is 0 Å². The lowest BCUT2D eigenvalue weighted by atomic mass is 9.67. The first-order valence-electron chi connectivity index (χ1n) is 5.96. The molecule has 2 aliphatic carbocycles. The van der Waals surface area contributed by atoms with Crippen molar-refractivity contribution in [3.8, 4) is 0 Å².